The zero-order valence-corrected chi connectivity index (χ0v) is 10.5. The molecule has 0 aromatic carbocycles. The third-order valence-corrected chi connectivity index (χ3v) is 1.61. The quantitative estimate of drug-likeness (QED) is 0.335. The van der Waals surface area contributed by atoms with Gasteiger partial charge < -0.3 is 19.3 Å². The van der Waals surface area contributed by atoms with Crippen LogP contribution < -0.4 is 0 Å². The highest BCUT2D eigenvalue weighted by molar-refractivity contribution is 5.86. The molecule has 0 spiro atoms. The minimum atomic E-state index is -1.05. The summed E-state index contributed by atoms with van der Waals surface area (Å²) in [5.74, 6) is -0.949. The lowest BCUT2D eigenvalue weighted by atomic mass is 10.4. The van der Waals surface area contributed by atoms with Gasteiger partial charge in [0.2, 0.25) is 0 Å². The second-order valence-corrected chi connectivity index (χ2v) is 3.57. The van der Waals surface area contributed by atoms with Gasteiger partial charge in [-0.25, -0.2) is 9.59 Å². The summed E-state index contributed by atoms with van der Waals surface area (Å²) in [6, 6.07) is 0. The Hall–Kier alpha value is -1.66. The van der Waals surface area contributed by atoms with Crippen molar-refractivity contribution in [1.29, 1.82) is 0 Å². The third kappa shape index (κ3) is 9.56. The molecule has 0 aromatic heterocycles. The van der Waals surface area contributed by atoms with E-state index in [1.54, 1.807) is 0 Å². The van der Waals surface area contributed by atoms with Gasteiger partial charge in [0, 0.05) is 11.6 Å². The smallest absolute Gasteiger partial charge is 0.335 e. The first-order valence-corrected chi connectivity index (χ1v) is 5.32. The monoisotopic (exact) mass is 258 g/mol. The molecule has 1 heterocycles. The molecule has 0 amide bonds. The lowest BCUT2D eigenvalue weighted by molar-refractivity contribution is -0.159. The van der Waals surface area contributed by atoms with Crippen LogP contribution in [-0.2, 0) is 23.8 Å². The van der Waals surface area contributed by atoms with Crippen molar-refractivity contribution in [2.75, 3.05) is 13.2 Å². The summed E-state index contributed by atoms with van der Waals surface area (Å²) in [5, 5.41) is 8.49. The van der Waals surface area contributed by atoms with Crippen molar-refractivity contribution < 1.29 is 28.9 Å². The standard InChI is InChI=1S/C6H8O3.C6H10O3/c1-2-6(7)9-4-5-3-8-5;1-4(2)6(8)9-5(3)7/h2,5H,1,3-4H2;5,7H,1H2,2-3H3. The van der Waals surface area contributed by atoms with Crippen molar-refractivity contribution in [2.24, 2.45) is 0 Å². The molecule has 0 bridgehead atoms. The van der Waals surface area contributed by atoms with Crippen molar-refractivity contribution in [2.45, 2.75) is 26.2 Å². The molecule has 1 fully saturated rings. The fourth-order valence-electron chi connectivity index (χ4n) is 0.654. The maximum absolute atomic E-state index is 10.5. The highest BCUT2D eigenvalue weighted by Crippen LogP contribution is 2.08. The van der Waals surface area contributed by atoms with E-state index in [1.165, 1.54) is 13.8 Å². The van der Waals surface area contributed by atoms with Crippen LogP contribution in [0.4, 0.5) is 0 Å². The largest absolute Gasteiger partial charge is 0.460 e. The molecule has 6 heteroatoms. The molecule has 6 nitrogen and oxygen atoms in total. The summed E-state index contributed by atoms with van der Waals surface area (Å²) in [6.45, 7) is 10.5. The highest BCUT2D eigenvalue weighted by atomic mass is 16.6. The van der Waals surface area contributed by atoms with E-state index >= 15 is 0 Å². The lowest BCUT2D eigenvalue weighted by Crippen LogP contribution is -2.13. The van der Waals surface area contributed by atoms with Crippen LogP contribution in [0.5, 0.6) is 0 Å². The molecule has 0 aliphatic carbocycles. The van der Waals surface area contributed by atoms with E-state index in [0.717, 1.165) is 6.08 Å². The molecule has 18 heavy (non-hydrogen) atoms. The number of ether oxygens (including phenoxy) is 3. The predicted octanol–water partition coefficient (Wildman–Crippen LogP) is 0.558. The minimum absolute atomic E-state index is 0.147. The van der Waals surface area contributed by atoms with E-state index in [-0.39, 0.29) is 17.6 Å². The number of aliphatic hydroxyl groups is 1. The molecule has 1 saturated heterocycles. The van der Waals surface area contributed by atoms with Crippen LogP contribution in [0.15, 0.2) is 24.8 Å². The number of hydrogen-bond acceptors (Lipinski definition) is 6. The van der Waals surface area contributed by atoms with Crippen LogP contribution in [0.3, 0.4) is 0 Å². The van der Waals surface area contributed by atoms with Crippen molar-refractivity contribution in [3.8, 4) is 0 Å². The second kappa shape index (κ2) is 8.43. The first-order chi connectivity index (χ1) is 8.36. The predicted molar refractivity (Wildman–Crippen MR) is 63.5 cm³/mol. The summed E-state index contributed by atoms with van der Waals surface area (Å²) in [4.78, 5) is 20.8. The van der Waals surface area contributed by atoms with E-state index in [9.17, 15) is 9.59 Å². The number of esters is 2. The van der Waals surface area contributed by atoms with Crippen molar-refractivity contribution in [1.82, 2.24) is 0 Å². The molecule has 102 valence electrons. The average Bonchev–Trinajstić information content (AvgIpc) is 3.09. The number of epoxide rings is 1. The van der Waals surface area contributed by atoms with Gasteiger partial charge in [0.25, 0.3) is 0 Å². The Bertz CT molecular complexity index is 315. The van der Waals surface area contributed by atoms with Gasteiger partial charge >= 0.3 is 11.9 Å². The topological polar surface area (TPSA) is 85.4 Å². The Morgan fingerprint density at radius 2 is 2.17 bits per heavy atom. The van der Waals surface area contributed by atoms with Gasteiger partial charge in [-0.05, 0) is 13.8 Å². The van der Waals surface area contributed by atoms with Crippen molar-refractivity contribution >= 4 is 11.9 Å². The van der Waals surface area contributed by atoms with Crippen LogP contribution in [0.25, 0.3) is 0 Å². The summed E-state index contributed by atoms with van der Waals surface area (Å²) < 4.78 is 13.8. The summed E-state index contributed by atoms with van der Waals surface area (Å²) in [5.41, 5.74) is 0.288. The Balaban J connectivity index is 0.000000321. The number of carbonyl (C=O) groups excluding carboxylic acids is 2. The van der Waals surface area contributed by atoms with E-state index in [0.29, 0.717) is 13.2 Å². The zero-order chi connectivity index (χ0) is 14.1. The maximum atomic E-state index is 10.5. The second-order valence-electron chi connectivity index (χ2n) is 3.57. The maximum Gasteiger partial charge on any atom is 0.335 e. The van der Waals surface area contributed by atoms with Gasteiger partial charge in [-0.2, -0.15) is 0 Å². The molecule has 1 N–H and O–H groups in total. The molecule has 0 saturated carbocycles. The van der Waals surface area contributed by atoms with Crippen LogP contribution in [0, 0.1) is 0 Å². The lowest BCUT2D eigenvalue weighted by Gasteiger charge is -2.04. The van der Waals surface area contributed by atoms with E-state index in [4.69, 9.17) is 9.84 Å². The third-order valence-electron chi connectivity index (χ3n) is 1.61. The number of aliphatic hydroxyl groups excluding tert-OH is 1. The normalized spacial score (nSPS) is 17.6. The SMILES string of the molecule is C=C(C)C(=O)OC(C)O.C=CC(=O)OCC1CO1. The van der Waals surface area contributed by atoms with Crippen LogP contribution in [0.2, 0.25) is 0 Å². The highest BCUT2D eigenvalue weighted by Gasteiger charge is 2.23. The number of carbonyl (C=O) groups is 2. The van der Waals surface area contributed by atoms with Crippen LogP contribution in [-0.4, -0.2) is 42.7 Å². The fourth-order valence-corrected chi connectivity index (χ4v) is 0.654. The van der Waals surface area contributed by atoms with E-state index in [1.807, 2.05) is 0 Å². The Labute approximate surface area is 106 Å². The van der Waals surface area contributed by atoms with Gasteiger partial charge in [-0.1, -0.05) is 13.2 Å². The first kappa shape index (κ1) is 16.3. The molecule has 0 radical (unpaired) electrons. The van der Waals surface area contributed by atoms with Crippen molar-refractivity contribution in [3.05, 3.63) is 24.8 Å². The Morgan fingerprint density at radius 3 is 2.44 bits per heavy atom. The van der Waals surface area contributed by atoms with Crippen LogP contribution in [0.1, 0.15) is 13.8 Å². The van der Waals surface area contributed by atoms with E-state index in [2.05, 4.69) is 22.6 Å². The van der Waals surface area contributed by atoms with Gasteiger partial charge in [-0.15, -0.1) is 0 Å². The molecule has 1 rings (SSSR count). The van der Waals surface area contributed by atoms with Gasteiger partial charge in [0.05, 0.1) is 6.61 Å². The summed E-state index contributed by atoms with van der Waals surface area (Å²) in [6.07, 6.45) is 0.241. The Morgan fingerprint density at radius 1 is 1.61 bits per heavy atom. The molecule has 2 atom stereocenters. The molecular formula is C12H18O6. The van der Waals surface area contributed by atoms with Crippen molar-refractivity contribution in [3.63, 3.8) is 0 Å². The first-order valence-electron chi connectivity index (χ1n) is 5.32. The van der Waals surface area contributed by atoms with Gasteiger partial charge in [0.15, 0.2) is 6.29 Å². The molecule has 0 aromatic rings. The number of hydrogen-bond donors (Lipinski definition) is 1. The van der Waals surface area contributed by atoms with Gasteiger partial charge in [0.1, 0.15) is 12.7 Å². The average molecular weight is 258 g/mol. The van der Waals surface area contributed by atoms with E-state index < -0.39 is 12.3 Å². The summed E-state index contributed by atoms with van der Waals surface area (Å²) in [7, 11) is 0. The Kier molecular flexibility index (Phi) is 7.66. The van der Waals surface area contributed by atoms with Crippen LogP contribution >= 0.6 is 0 Å². The summed E-state index contributed by atoms with van der Waals surface area (Å²) >= 11 is 0. The molecule has 1 aliphatic heterocycles. The minimum Gasteiger partial charge on any atom is -0.460 e. The number of rotatable bonds is 5. The fraction of sp³-hybridized carbons (Fsp3) is 0.500. The molecular weight excluding hydrogens is 240 g/mol. The zero-order valence-electron chi connectivity index (χ0n) is 10.5. The molecule has 1 aliphatic rings. The van der Waals surface area contributed by atoms with Gasteiger partial charge in [-0.3, -0.25) is 0 Å². The molecule has 2 unspecified atom stereocenters.